The summed E-state index contributed by atoms with van der Waals surface area (Å²) in [5.41, 5.74) is 6.01. The molecule has 2 unspecified atom stereocenters. The summed E-state index contributed by atoms with van der Waals surface area (Å²) in [7, 11) is 0. The molecule has 1 saturated heterocycles. The molecular weight excluding hydrogens is 250 g/mol. The van der Waals surface area contributed by atoms with E-state index >= 15 is 0 Å². The minimum atomic E-state index is -0.916. The Hall–Kier alpha value is -0.900. The molecule has 0 aromatic heterocycles. The van der Waals surface area contributed by atoms with E-state index in [1.54, 1.807) is 0 Å². The molecule has 3 rings (SSSR count). The monoisotopic (exact) mass is 275 g/mol. The highest BCUT2D eigenvalue weighted by molar-refractivity contribution is 5.24. The molecule has 0 amide bonds. The summed E-state index contributed by atoms with van der Waals surface area (Å²) >= 11 is 0. The van der Waals surface area contributed by atoms with E-state index in [0.29, 0.717) is 0 Å². The van der Waals surface area contributed by atoms with Gasteiger partial charge in [0.1, 0.15) is 5.60 Å². The fourth-order valence-corrected chi connectivity index (χ4v) is 4.05. The van der Waals surface area contributed by atoms with Gasteiger partial charge in [-0.3, -0.25) is 0 Å². The number of ether oxygens (including phenoxy) is 1. The van der Waals surface area contributed by atoms with E-state index in [9.17, 15) is 5.11 Å². The van der Waals surface area contributed by atoms with Crippen LogP contribution in [0.5, 0.6) is 0 Å². The molecule has 2 atom stereocenters. The Labute approximate surface area is 121 Å². The third-order valence-electron chi connectivity index (χ3n) is 5.27. The van der Waals surface area contributed by atoms with Crippen LogP contribution >= 0.6 is 0 Å². The standard InChI is InChI=1S/C17H25NO2/c18-13-17(19,14-6-2-1-3-7-14)15-8-11-20-16(12-15)9-4-5-10-16/h1-3,6-7,15,19H,4-5,8-13,18H2. The number of benzene rings is 1. The second kappa shape index (κ2) is 5.47. The predicted molar refractivity (Wildman–Crippen MR) is 79.3 cm³/mol. The van der Waals surface area contributed by atoms with Crippen LogP contribution in [0.15, 0.2) is 30.3 Å². The van der Waals surface area contributed by atoms with Crippen LogP contribution in [0.1, 0.15) is 44.1 Å². The normalized spacial score (nSPS) is 28.4. The minimum Gasteiger partial charge on any atom is -0.384 e. The maximum Gasteiger partial charge on any atom is 0.105 e. The molecule has 1 aromatic rings. The van der Waals surface area contributed by atoms with Crippen molar-refractivity contribution in [1.29, 1.82) is 0 Å². The number of hydrogen-bond acceptors (Lipinski definition) is 3. The molecule has 3 heteroatoms. The highest BCUT2D eigenvalue weighted by Crippen LogP contribution is 2.47. The van der Waals surface area contributed by atoms with E-state index < -0.39 is 5.60 Å². The van der Waals surface area contributed by atoms with Crippen molar-refractivity contribution in [3.8, 4) is 0 Å². The molecule has 2 aliphatic rings. The van der Waals surface area contributed by atoms with Gasteiger partial charge in [0.25, 0.3) is 0 Å². The molecule has 3 nitrogen and oxygen atoms in total. The summed E-state index contributed by atoms with van der Waals surface area (Å²) in [6.07, 6.45) is 6.61. The maximum atomic E-state index is 11.2. The first-order valence-corrected chi connectivity index (χ1v) is 7.80. The molecule has 1 aliphatic carbocycles. The first kappa shape index (κ1) is 14.1. The van der Waals surface area contributed by atoms with Gasteiger partial charge in [0.15, 0.2) is 0 Å². The van der Waals surface area contributed by atoms with E-state index in [1.165, 1.54) is 12.8 Å². The summed E-state index contributed by atoms with van der Waals surface area (Å²) in [5.74, 6) is 0.196. The molecule has 1 spiro atoms. The van der Waals surface area contributed by atoms with Crippen LogP contribution in [0.3, 0.4) is 0 Å². The SMILES string of the molecule is NCC(O)(c1ccccc1)C1CCOC2(CCCC2)C1. The summed E-state index contributed by atoms with van der Waals surface area (Å²) in [6, 6.07) is 9.90. The predicted octanol–water partition coefficient (Wildman–Crippen LogP) is 2.57. The maximum absolute atomic E-state index is 11.2. The van der Waals surface area contributed by atoms with Gasteiger partial charge < -0.3 is 15.6 Å². The van der Waals surface area contributed by atoms with Gasteiger partial charge >= 0.3 is 0 Å². The molecule has 20 heavy (non-hydrogen) atoms. The van der Waals surface area contributed by atoms with E-state index in [4.69, 9.17) is 10.5 Å². The summed E-state index contributed by atoms with van der Waals surface area (Å²) in [4.78, 5) is 0. The lowest BCUT2D eigenvalue weighted by molar-refractivity contribution is -0.140. The second-order valence-electron chi connectivity index (χ2n) is 6.42. The van der Waals surface area contributed by atoms with E-state index in [1.807, 2.05) is 30.3 Å². The molecule has 0 radical (unpaired) electrons. The molecular formula is C17H25NO2. The third-order valence-corrected chi connectivity index (χ3v) is 5.27. The Morgan fingerprint density at radius 3 is 2.60 bits per heavy atom. The number of hydrogen-bond donors (Lipinski definition) is 2. The minimum absolute atomic E-state index is 0.0147. The van der Waals surface area contributed by atoms with Crippen LogP contribution in [-0.2, 0) is 10.3 Å². The lowest BCUT2D eigenvalue weighted by Crippen LogP contribution is -2.49. The van der Waals surface area contributed by atoms with Crippen LogP contribution in [0.25, 0.3) is 0 Å². The van der Waals surface area contributed by atoms with Crippen molar-refractivity contribution >= 4 is 0 Å². The van der Waals surface area contributed by atoms with Gasteiger partial charge in [0.2, 0.25) is 0 Å². The van der Waals surface area contributed by atoms with Crippen molar-refractivity contribution in [2.75, 3.05) is 13.2 Å². The number of nitrogens with two attached hydrogens (primary N) is 1. The van der Waals surface area contributed by atoms with Crippen LogP contribution in [-0.4, -0.2) is 23.9 Å². The second-order valence-corrected chi connectivity index (χ2v) is 6.42. The summed E-state index contributed by atoms with van der Waals surface area (Å²) < 4.78 is 6.08. The quantitative estimate of drug-likeness (QED) is 0.891. The molecule has 2 fully saturated rings. The Kier molecular flexibility index (Phi) is 3.85. The van der Waals surface area contributed by atoms with Crippen LogP contribution < -0.4 is 5.73 Å². The van der Waals surface area contributed by atoms with Gasteiger partial charge in [0, 0.05) is 13.2 Å². The zero-order valence-electron chi connectivity index (χ0n) is 12.1. The van der Waals surface area contributed by atoms with Crippen molar-refractivity contribution in [2.24, 2.45) is 11.7 Å². The highest BCUT2D eigenvalue weighted by atomic mass is 16.5. The van der Waals surface area contributed by atoms with Crippen LogP contribution in [0.4, 0.5) is 0 Å². The molecule has 1 aliphatic heterocycles. The smallest absolute Gasteiger partial charge is 0.105 e. The Morgan fingerprint density at radius 2 is 1.95 bits per heavy atom. The number of rotatable bonds is 3. The Morgan fingerprint density at radius 1 is 1.25 bits per heavy atom. The first-order valence-electron chi connectivity index (χ1n) is 7.80. The summed E-state index contributed by atoms with van der Waals surface area (Å²) in [5, 5.41) is 11.2. The van der Waals surface area contributed by atoms with Gasteiger partial charge in [0.05, 0.1) is 5.60 Å². The van der Waals surface area contributed by atoms with Gasteiger partial charge in [-0.2, -0.15) is 0 Å². The lowest BCUT2D eigenvalue weighted by atomic mass is 9.72. The molecule has 1 aromatic carbocycles. The Balaban J connectivity index is 1.85. The van der Waals surface area contributed by atoms with Crippen molar-refractivity contribution in [3.63, 3.8) is 0 Å². The highest BCUT2D eigenvalue weighted by Gasteiger charge is 2.47. The first-order chi connectivity index (χ1) is 9.69. The largest absolute Gasteiger partial charge is 0.384 e. The molecule has 110 valence electrons. The average molecular weight is 275 g/mol. The van der Waals surface area contributed by atoms with Crippen LogP contribution in [0.2, 0.25) is 0 Å². The number of aliphatic hydroxyl groups is 1. The van der Waals surface area contributed by atoms with E-state index in [2.05, 4.69) is 0 Å². The Bertz CT molecular complexity index is 442. The van der Waals surface area contributed by atoms with Gasteiger partial charge in [-0.15, -0.1) is 0 Å². The van der Waals surface area contributed by atoms with E-state index in [0.717, 1.165) is 37.9 Å². The summed E-state index contributed by atoms with van der Waals surface area (Å²) in [6.45, 7) is 1.03. The van der Waals surface area contributed by atoms with Crippen molar-refractivity contribution < 1.29 is 9.84 Å². The molecule has 3 N–H and O–H groups in total. The van der Waals surface area contributed by atoms with Crippen molar-refractivity contribution in [3.05, 3.63) is 35.9 Å². The molecule has 1 heterocycles. The lowest BCUT2D eigenvalue weighted by Gasteiger charge is -2.45. The van der Waals surface area contributed by atoms with Crippen LogP contribution in [0, 0.1) is 5.92 Å². The van der Waals surface area contributed by atoms with Gasteiger partial charge in [-0.25, -0.2) is 0 Å². The fourth-order valence-electron chi connectivity index (χ4n) is 4.05. The third kappa shape index (κ3) is 2.39. The van der Waals surface area contributed by atoms with Gasteiger partial charge in [-0.05, 0) is 37.2 Å². The fraction of sp³-hybridized carbons (Fsp3) is 0.647. The van der Waals surface area contributed by atoms with E-state index in [-0.39, 0.29) is 18.1 Å². The van der Waals surface area contributed by atoms with Gasteiger partial charge in [-0.1, -0.05) is 43.2 Å². The zero-order valence-corrected chi connectivity index (χ0v) is 12.1. The topological polar surface area (TPSA) is 55.5 Å². The average Bonchev–Trinajstić information content (AvgIpc) is 2.95. The van der Waals surface area contributed by atoms with Crippen molar-refractivity contribution in [2.45, 2.75) is 49.7 Å². The molecule has 0 bridgehead atoms. The van der Waals surface area contributed by atoms with Crippen molar-refractivity contribution in [1.82, 2.24) is 0 Å². The zero-order chi connectivity index (χ0) is 14.1. The molecule has 1 saturated carbocycles.